The number of para-hydroxylation sites is 1. The molecule has 5 nitrogen and oxygen atoms in total. The fraction of sp³-hybridized carbons (Fsp3) is 0.533. The van der Waals surface area contributed by atoms with E-state index in [1.807, 2.05) is 24.3 Å². The number of hydrogen-bond acceptors (Lipinski definition) is 3. The lowest BCUT2D eigenvalue weighted by Crippen LogP contribution is -2.46. The molecule has 0 fully saturated rings. The largest absolute Gasteiger partial charge is 0.310 e. The van der Waals surface area contributed by atoms with Crippen molar-refractivity contribution in [2.24, 2.45) is 5.92 Å². The number of amides is 1. The lowest BCUT2D eigenvalue weighted by Gasteiger charge is -2.22. The highest BCUT2D eigenvalue weighted by atomic mass is 32.2. The molecule has 0 saturated heterocycles. The fourth-order valence-corrected chi connectivity index (χ4v) is 3.57. The topological polar surface area (TPSA) is 66.5 Å². The van der Waals surface area contributed by atoms with E-state index in [0.717, 1.165) is 17.5 Å². The third-order valence-electron chi connectivity index (χ3n) is 3.84. The quantitative estimate of drug-likeness (QED) is 0.920. The van der Waals surface area contributed by atoms with Gasteiger partial charge >= 0.3 is 0 Å². The summed E-state index contributed by atoms with van der Waals surface area (Å²) in [6.07, 6.45) is 1.06. The Morgan fingerprint density at radius 1 is 1.29 bits per heavy atom. The predicted molar refractivity (Wildman–Crippen MR) is 83.8 cm³/mol. The van der Waals surface area contributed by atoms with Gasteiger partial charge in [-0.1, -0.05) is 32.0 Å². The number of nitrogens with zero attached hydrogens (tertiary/aromatic N) is 1. The molecule has 116 valence electrons. The van der Waals surface area contributed by atoms with Crippen molar-refractivity contribution in [3.63, 3.8) is 0 Å². The summed E-state index contributed by atoms with van der Waals surface area (Å²) < 4.78 is 24.9. The van der Waals surface area contributed by atoms with Crippen LogP contribution in [0.4, 0.5) is 5.69 Å². The lowest BCUT2D eigenvalue weighted by atomic mass is 9.90. The number of benzene rings is 1. The highest BCUT2D eigenvalue weighted by Crippen LogP contribution is 2.40. The Bertz CT molecular complexity index is 640. The SMILES string of the molecule is CC(C)[C@@H]1CN(C(=O)[C@H](C)NS(C)(=O)=O)c2ccccc21. The molecule has 0 saturated carbocycles. The zero-order valence-electron chi connectivity index (χ0n) is 12.8. The van der Waals surface area contributed by atoms with E-state index in [2.05, 4.69) is 18.6 Å². The van der Waals surface area contributed by atoms with Gasteiger partial charge in [-0.15, -0.1) is 0 Å². The number of sulfonamides is 1. The third kappa shape index (κ3) is 3.44. The first-order valence-corrected chi connectivity index (χ1v) is 8.97. The van der Waals surface area contributed by atoms with Crippen LogP contribution in [-0.4, -0.2) is 33.2 Å². The van der Waals surface area contributed by atoms with Crippen LogP contribution >= 0.6 is 0 Å². The van der Waals surface area contributed by atoms with Gasteiger partial charge in [0.15, 0.2) is 0 Å². The predicted octanol–water partition coefficient (Wildman–Crippen LogP) is 1.71. The van der Waals surface area contributed by atoms with Crippen LogP contribution in [0, 0.1) is 5.92 Å². The maximum atomic E-state index is 12.6. The summed E-state index contributed by atoms with van der Waals surface area (Å²) in [7, 11) is -3.40. The van der Waals surface area contributed by atoms with Crippen molar-refractivity contribution >= 4 is 21.6 Å². The minimum absolute atomic E-state index is 0.212. The molecule has 0 aromatic heterocycles. The Balaban J connectivity index is 2.28. The van der Waals surface area contributed by atoms with E-state index < -0.39 is 16.1 Å². The summed E-state index contributed by atoms with van der Waals surface area (Å²) in [5.41, 5.74) is 2.05. The smallest absolute Gasteiger partial charge is 0.244 e. The molecule has 1 aliphatic heterocycles. The highest BCUT2D eigenvalue weighted by Gasteiger charge is 2.35. The third-order valence-corrected chi connectivity index (χ3v) is 4.62. The van der Waals surface area contributed by atoms with Crippen LogP contribution in [0.3, 0.4) is 0 Å². The van der Waals surface area contributed by atoms with Gasteiger partial charge in [0.25, 0.3) is 0 Å². The minimum atomic E-state index is -3.40. The van der Waals surface area contributed by atoms with E-state index in [1.54, 1.807) is 11.8 Å². The number of rotatable bonds is 4. The van der Waals surface area contributed by atoms with E-state index in [-0.39, 0.29) is 11.8 Å². The van der Waals surface area contributed by atoms with E-state index in [9.17, 15) is 13.2 Å². The molecule has 0 unspecified atom stereocenters. The van der Waals surface area contributed by atoms with Crippen molar-refractivity contribution in [3.05, 3.63) is 29.8 Å². The zero-order valence-corrected chi connectivity index (χ0v) is 13.6. The van der Waals surface area contributed by atoms with Crippen LogP contribution in [0.15, 0.2) is 24.3 Å². The summed E-state index contributed by atoms with van der Waals surface area (Å²) in [6.45, 7) is 6.45. The first-order chi connectivity index (χ1) is 9.70. The molecule has 0 bridgehead atoms. The maximum absolute atomic E-state index is 12.6. The summed E-state index contributed by atoms with van der Waals surface area (Å²) in [6, 6.07) is 7.07. The van der Waals surface area contributed by atoms with Gasteiger partial charge in [0.2, 0.25) is 15.9 Å². The second kappa shape index (κ2) is 5.77. The van der Waals surface area contributed by atoms with Gasteiger partial charge in [-0.3, -0.25) is 4.79 Å². The summed E-state index contributed by atoms with van der Waals surface area (Å²) in [5, 5.41) is 0. The Hall–Kier alpha value is -1.40. The maximum Gasteiger partial charge on any atom is 0.244 e. The van der Waals surface area contributed by atoms with Gasteiger partial charge < -0.3 is 4.90 Å². The second-order valence-electron chi connectivity index (χ2n) is 5.97. The standard InChI is InChI=1S/C15H22N2O3S/c1-10(2)13-9-17(14-8-6-5-7-12(13)14)15(18)11(3)16-21(4,19)20/h5-8,10-11,13,16H,9H2,1-4H3/t11-,13-/m0/s1. The molecular weight excluding hydrogens is 288 g/mol. The van der Waals surface area contributed by atoms with E-state index in [1.165, 1.54) is 0 Å². The van der Waals surface area contributed by atoms with Gasteiger partial charge in [-0.05, 0) is 24.5 Å². The van der Waals surface area contributed by atoms with Crippen molar-refractivity contribution in [1.82, 2.24) is 4.72 Å². The Morgan fingerprint density at radius 2 is 1.90 bits per heavy atom. The molecule has 6 heteroatoms. The van der Waals surface area contributed by atoms with Gasteiger partial charge in [0, 0.05) is 18.2 Å². The number of carbonyl (C=O) groups is 1. The number of anilines is 1. The van der Waals surface area contributed by atoms with E-state index in [0.29, 0.717) is 12.5 Å². The van der Waals surface area contributed by atoms with Crippen LogP contribution in [0.2, 0.25) is 0 Å². The van der Waals surface area contributed by atoms with Crippen molar-refractivity contribution in [2.75, 3.05) is 17.7 Å². The van der Waals surface area contributed by atoms with Gasteiger partial charge in [0.05, 0.1) is 12.3 Å². The number of carbonyl (C=O) groups excluding carboxylic acids is 1. The first kappa shape index (κ1) is 16.0. The molecular formula is C15H22N2O3S. The van der Waals surface area contributed by atoms with Crippen LogP contribution < -0.4 is 9.62 Å². The van der Waals surface area contributed by atoms with Crippen LogP contribution in [0.25, 0.3) is 0 Å². The molecule has 1 aliphatic rings. The molecule has 0 radical (unpaired) electrons. The Morgan fingerprint density at radius 3 is 2.48 bits per heavy atom. The molecule has 1 amide bonds. The minimum Gasteiger partial charge on any atom is -0.310 e. The summed E-state index contributed by atoms with van der Waals surface area (Å²) >= 11 is 0. The highest BCUT2D eigenvalue weighted by molar-refractivity contribution is 7.88. The van der Waals surface area contributed by atoms with E-state index in [4.69, 9.17) is 0 Å². The van der Waals surface area contributed by atoms with Crippen molar-refractivity contribution in [3.8, 4) is 0 Å². The number of hydrogen-bond donors (Lipinski definition) is 1. The van der Waals surface area contributed by atoms with Crippen LogP contribution in [-0.2, 0) is 14.8 Å². The monoisotopic (exact) mass is 310 g/mol. The molecule has 0 spiro atoms. The van der Waals surface area contributed by atoms with Crippen molar-refractivity contribution < 1.29 is 13.2 Å². The van der Waals surface area contributed by atoms with Crippen molar-refractivity contribution in [1.29, 1.82) is 0 Å². The van der Waals surface area contributed by atoms with E-state index >= 15 is 0 Å². The zero-order chi connectivity index (χ0) is 15.8. The summed E-state index contributed by atoms with van der Waals surface area (Å²) in [4.78, 5) is 14.3. The summed E-state index contributed by atoms with van der Waals surface area (Å²) in [5.74, 6) is 0.494. The number of nitrogens with one attached hydrogen (secondary N) is 1. The molecule has 1 heterocycles. The van der Waals surface area contributed by atoms with Gasteiger partial charge in [-0.2, -0.15) is 0 Å². The molecule has 0 aliphatic carbocycles. The molecule has 2 rings (SSSR count). The average molecular weight is 310 g/mol. The molecule has 21 heavy (non-hydrogen) atoms. The number of fused-ring (bicyclic) bond motifs is 1. The molecule has 1 aromatic rings. The van der Waals surface area contributed by atoms with Crippen molar-refractivity contribution in [2.45, 2.75) is 32.7 Å². The molecule has 1 aromatic carbocycles. The normalized spacial score (nSPS) is 19.7. The average Bonchev–Trinajstić information content (AvgIpc) is 2.75. The Labute approximate surface area is 126 Å². The van der Waals surface area contributed by atoms with Crippen LogP contribution in [0.1, 0.15) is 32.3 Å². The van der Waals surface area contributed by atoms with Gasteiger partial charge in [-0.25, -0.2) is 13.1 Å². The molecule has 2 atom stereocenters. The Kier molecular flexibility index (Phi) is 4.39. The molecule has 1 N–H and O–H groups in total. The fourth-order valence-electron chi connectivity index (χ4n) is 2.82. The first-order valence-electron chi connectivity index (χ1n) is 7.08. The second-order valence-corrected chi connectivity index (χ2v) is 7.75. The lowest BCUT2D eigenvalue weighted by molar-refractivity contribution is -0.119. The van der Waals surface area contributed by atoms with Gasteiger partial charge in [0.1, 0.15) is 0 Å². The van der Waals surface area contributed by atoms with Crippen LogP contribution in [0.5, 0.6) is 0 Å².